The van der Waals surface area contributed by atoms with Crippen LogP contribution in [0.3, 0.4) is 0 Å². The molecular formula is C11H12Cl2N4O3. The smallest absolute Gasteiger partial charge is 0.313 e. The first-order valence-corrected chi connectivity index (χ1v) is 6.51. The van der Waals surface area contributed by atoms with Crippen LogP contribution < -0.4 is 15.7 Å². The molecule has 1 saturated heterocycles. The number of halogens is 2. The average Bonchev–Trinajstić information content (AvgIpc) is 2.42. The molecule has 1 aromatic carbocycles. The maximum atomic E-state index is 12.3. The van der Waals surface area contributed by atoms with E-state index < -0.39 is 18.4 Å². The highest BCUT2D eigenvalue weighted by molar-refractivity contribution is 6.42. The first kappa shape index (κ1) is 14.9. The van der Waals surface area contributed by atoms with E-state index in [9.17, 15) is 9.59 Å². The van der Waals surface area contributed by atoms with Crippen molar-refractivity contribution in [1.29, 1.82) is 0 Å². The SMILES string of the molecule is CCN1C(=O)N(c2ccc(Cl)c(Cl)c2)C(=O)NC1NO. The van der Waals surface area contributed by atoms with Crippen LogP contribution in [0.4, 0.5) is 15.3 Å². The number of amides is 4. The number of rotatable bonds is 3. The minimum atomic E-state index is -0.973. The summed E-state index contributed by atoms with van der Waals surface area (Å²) < 4.78 is 0. The van der Waals surface area contributed by atoms with Gasteiger partial charge in [0.15, 0.2) is 6.29 Å². The number of nitrogens with zero attached hydrogens (tertiary/aromatic N) is 2. The first-order chi connectivity index (χ1) is 9.49. The molecule has 3 N–H and O–H groups in total. The minimum Gasteiger partial charge on any atom is -0.313 e. The molecule has 2 rings (SSSR count). The van der Waals surface area contributed by atoms with Crippen LogP contribution in [0, 0.1) is 0 Å². The summed E-state index contributed by atoms with van der Waals surface area (Å²) in [6.45, 7) is 2.00. The molecule has 0 radical (unpaired) electrons. The van der Waals surface area contributed by atoms with Crippen molar-refractivity contribution >= 4 is 41.0 Å². The monoisotopic (exact) mass is 318 g/mol. The number of carbonyl (C=O) groups is 2. The second-order valence-electron chi connectivity index (χ2n) is 3.98. The maximum absolute atomic E-state index is 12.3. The highest BCUT2D eigenvalue weighted by Crippen LogP contribution is 2.28. The van der Waals surface area contributed by atoms with Crippen LogP contribution >= 0.6 is 23.2 Å². The Labute approximate surface area is 125 Å². The lowest BCUT2D eigenvalue weighted by atomic mass is 10.3. The number of benzene rings is 1. The van der Waals surface area contributed by atoms with E-state index in [0.717, 1.165) is 4.90 Å². The van der Waals surface area contributed by atoms with Gasteiger partial charge in [-0.3, -0.25) is 4.90 Å². The Morgan fingerprint density at radius 1 is 1.35 bits per heavy atom. The van der Waals surface area contributed by atoms with Crippen molar-refractivity contribution in [2.24, 2.45) is 0 Å². The fourth-order valence-corrected chi connectivity index (χ4v) is 2.15. The summed E-state index contributed by atoms with van der Waals surface area (Å²) in [6.07, 6.45) is -0.973. The molecule has 1 aromatic rings. The standard InChI is InChI=1S/C11H12Cl2N4O3/c1-2-16-9(15-20)14-10(18)17(11(16)19)6-3-4-7(12)8(13)5-6/h3-5,9,15,20H,2H2,1H3,(H,14,18). The largest absolute Gasteiger partial charge is 0.335 e. The molecule has 1 heterocycles. The van der Waals surface area contributed by atoms with Crippen LogP contribution in [-0.2, 0) is 0 Å². The van der Waals surface area contributed by atoms with Gasteiger partial charge < -0.3 is 10.5 Å². The van der Waals surface area contributed by atoms with E-state index in [2.05, 4.69) is 5.32 Å². The minimum absolute atomic E-state index is 0.232. The molecule has 1 fully saturated rings. The van der Waals surface area contributed by atoms with E-state index in [1.54, 1.807) is 6.92 Å². The van der Waals surface area contributed by atoms with Crippen LogP contribution in [-0.4, -0.2) is 35.0 Å². The third-order valence-electron chi connectivity index (χ3n) is 2.84. The van der Waals surface area contributed by atoms with Gasteiger partial charge in [0.05, 0.1) is 15.7 Å². The van der Waals surface area contributed by atoms with Crippen LogP contribution in [0.15, 0.2) is 18.2 Å². The van der Waals surface area contributed by atoms with Gasteiger partial charge in [0, 0.05) is 6.54 Å². The third-order valence-corrected chi connectivity index (χ3v) is 3.58. The third kappa shape index (κ3) is 2.53. The Bertz CT molecular complexity index is 554. The van der Waals surface area contributed by atoms with Crippen molar-refractivity contribution in [3.8, 4) is 0 Å². The highest BCUT2D eigenvalue weighted by Gasteiger charge is 2.38. The van der Waals surface area contributed by atoms with E-state index in [4.69, 9.17) is 28.4 Å². The van der Waals surface area contributed by atoms with E-state index in [-0.39, 0.29) is 17.3 Å². The van der Waals surface area contributed by atoms with Crippen molar-refractivity contribution in [1.82, 2.24) is 15.7 Å². The summed E-state index contributed by atoms with van der Waals surface area (Å²) in [4.78, 5) is 26.4. The van der Waals surface area contributed by atoms with Crippen molar-refractivity contribution in [3.63, 3.8) is 0 Å². The average molecular weight is 319 g/mol. The fourth-order valence-electron chi connectivity index (χ4n) is 1.86. The molecule has 0 bridgehead atoms. The van der Waals surface area contributed by atoms with Gasteiger partial charge in [-0.1, -0.05) is 23.2 Å². The molecule has 9 heteroatoms. The molecule has 1 aliphatic heterocycles. The van der Waals surface area contributed by atoms with Gasteiger partial charge in [-0.15, -0.1) is 0 Å². The van der Waals surface area contributed by atoms with Crippen molar-refractivity contribution in [3.05, 3.63) is 28.2 Å². The first-order valence-electron chi connectivity index (χ1n) is 5.75. The molecule has 20 heavy (non-hydrogen) atoms. The number of imide groups is 1. The number of nitrogens with one attached hydrogen (secondary N) is 2. The van der Waals surface area contributed by atoms with Crippen molar-refractivity contribution in [2.75, 3.05) is 11.4 Å². The normalized spacial score (nSPS) is 19.3. The van der Waals surface area contributed by atoms with Gasteiger partial charge in [-0.2, -0.15) is 5.48 Å². The van der Waals surface area contributed by atoms with Gasteiger partial charge in [0.25, 0.3) is 0 Å². The topological polar surface area (TPSA) is 84.9 Å². The second kappa shape index (κ2) is 5.84. The number of carbonyl (C=O) groups excluding carboxylic acids is 2. The zero-order chi connectivity index (χ0) is 14.9. The number of anilines is 1. The quantitative estimate of drug-likeness (QED) is 0.746. The summed E-state index contributed by atoms with van der Waals surface area (Å²) in [6, 6.07) is 3.16. The number of urea groups is 2. The Hall–Kier alpha value is -1.54. The molecule has 7 nitrogen and oxygen atoms in total. The predicted molar refractivity (Wildman–Crippen MR) is 74.0 cm³/mol. The lowest BCUT2D eigenvalue weighted by molar-refractivity contribution is 0.0358. The van der Waals surface area contributed by atoms with Crippen LogP contribution in [0.2, 0.25) is 10.0 Å². The van der Waals surface area contributed by atoms with E-state index in [1.165, 1.54) is 23.1 Å². The molecule has 1 aliphatic rings. The summed E-state index contributed by atoms with van der Waals surface area (Å²) in [7, 11) is 0. The van der Waals surface area contributed by atoms with Gasteiger partial charge in [-0.25, -0.2) is 14.5 Å². The Morgan fingerprint density at radius 2 is 2.05 bits per heavy atom. The fraction of sp³-hybridized carbons (Fsp3) is 0.273. The van der Waals surface area contributed by atoms with Crippen molar-refractivity contribution in [2.45, 2.75) is 13.2 Å². The zero-order valence-electron chi connectivity index (χ0n) is 10.4. The molecule has 0 spiro atoms. The van der Waals surface area contributed by atoms with Crippen molar-refractivity contribution < 1.29 is 14.8 Å². The van der Waals surface area contributed by atoms with Gasteiger partial charge in [0.2, 0.25) is 0 Å². The van der Waals surface area contributed by atoms with Crippen LogP contribution in [0.1, 0.15) is 6.92 Å². The summed E-state index contributed by atoms with van der Waals surface area (Å²) in [5.74, 6) is 0. The molecule has 108 valence electrons. The zero-order valence-corrected chi connectivity index (χ0v) is 11.9. The van der Waals surface area contributed by atoms with Gasteiger partial charge in [0.1, 0.15) is 0 Å². The summed E-state index contributed by atoms with van der Waals surface area (Å²) in [5, 5.41) is 11.9. The number of hydrogen-bond acceptors (Lipinski definition) is 4. The lowest BCUT2D eigenvalue weighted by Gasteiger charge is -2.39. The van der Waals surface area contributed by atoms with E-state index in [0.29, 0.717) is 5.02 Å². The number of hydroxylamine groups is 1. The van der Waals surface area contributed by atoms with E-state index >= 15 is 0 Å². The summed E-state index contributed by atoms with van der Waals surface area (Å²) in [5.41, 5.74) is 2.15. The molecule has 0 aliphatic carbocycles. The molecular weight excluding hydrogens is 307 g/mol. The maximum Gasteiger partial charge on any atom is 0.335 e. The molecule has 1 unspecified atom stereocenters. The molecule has 4 amide bonds. The van der Waals surface area contributed by atoms with Crippen LogP contribution in [0.25, 0.3) is 0 Å². The summed E-state index contributed by atoms with van der Waals surface area (Å²) >= 11 is 11.7. The second-order valence-corrected chi connectivity index (χ2v) is 4.80. The highest BCUT2D eigenvalue weighted by atomic mass is 35.5. The van der Waals surface area contributed by atoms with Crippen LogP contribution in [0.5, 0.6) is 0 Å². The molecule has 1 atom stereocenters. The Balaban J connectivity index is 2.37. The Morgan fingerprint density at radius 3 is 2.60 bits per heavy atom. The van der Waals surface area contributed by atoms with Gasteiger partial charge >= 0.3 is 12.1 Å². The lowest BCUT2D eigenvalue weighted by Crippen LogP contribution is -2.69. The molecule has 0 aromatic heterocycles. The molecule has 0 saturated carbocycles. The number of hydrogen-bond donors (Lipinski definition) is 3. The Kier molecular flexibility index (Phi) is 4.34. The predicted octanol–water partition coefficient (Wildman–Crippen LogP) is 2.23. The van der Waals surface area contributed by atoms with E-state index in [1.807, 2.05) is 5.48 Å². The van der Waals surface area contributed by atoms with Gasteiger partial charge in [-0.05, 0) is 25.1 Å².